The van der Waals surface area contributed by atoms with E-state index in [4.69, 9.17) is 0 Å². The fourth-order valence-electron chi connectivity index (χ4n) is 4.10. The smallest absolute Gasteiger partial charge is 0.264 e. The van der Waals surface area contributed by atoms with Crippen molar-refractivity contribution in [1.82, 2.24) is 10.2 Å². The van der Waals surface area contributed by atoms with E-state index in [9.17, 15) is 18.0 Å². The molecule has 0 unspecified atom stereocenters. The maximum atomic E-state index is 13.9. The van der Waals surface area contributed by atoms with Crippen LogP contribution in [0, 0.1) is 20.8 Å². The molecule has 3 rings (SSSR count). The van der Waals surface area contributed by atoms with E-state index in [0.717, 1.165) is 26.6 Å². The summed E-state index contributed by atoms with van der Waals surface area (Å²) >= 11 is 0. The Kier molecular flexibility index (Phi) is 9.33. The molecular weight excluding hydrogens is 498 g/mol. The Labute approximate surface area is 226 Å². The summed E-state index contributed by atoms with van der Waals surface area (Å²) in [5.74, 6) is -0.776. The summed E-state index contributed by atoms with van der Waals surface area (Å²) in [4.78, 5) is 28.5. The number of sulfonamides is 1. The van der Waals surface area contributed by atoms with Gasteiger partial charge in [0.25, 0.3) is 10.0 Å². The second-order valence-corrected chi connectivity index (χ2v) is 11.8. The fourth-order valence-corrected chi connectivity index (χ4v) is 5.59. The molecule has 3 aromatic carbocycles. The molecule has 0 radical (unpaired) electrons. The van der Waals surface area contributed by atoms with Crippen LogP contribution >= 0.6 is 0 Å². The molecule has 0 bridgehead atoms. The van der Waals surface area contributed by atoms with Crippen LogP contribution in [0.4, 0.5) is 5.69 Å². The third-order valence-corrected chi connectivity index (χ3v) is 8.09. The van der Waals surface area contributed by atoms with E-state index in [0.29, 0.717) is 5.69 Å². The summed E-state index contributed by atoms with van der Waals surface area (Å²) < 4.78 is 28.9. The van der Waals surface area contributed by atoms with Gasteiger partial charge in [-0.3, -0.25) is 13.9 Å². The summed E-state index contributed by atoms with van der Waals surface area (Å²) in [5.41, 5.74) is 3.94. The van der Waals surface area contributed by atoms with Crippen LogP contribution in [0.3, 0.4) is 0 Å². The molecule has 8 heteroatoms. The van der Waals surface area contributed by atoms with Crippen LogP contribution in [0.25, 0.3) is 0 Å². The van der Waals surface area contributed by atoms with Gasteiger partial charge in [0.05, 0.1) is 10.6 Å². The maximum absolute atomic E-state index is 13.9. The molecule has 0 spiro atoms. The average molecular weight is 536 g/mol. The SMILES string of the molecule is Cc1ccc(CN(C(=O)CN(c2cc(C)ccc2C)S(=O)(=O)c2ccccc2)[C@@H](C)C(=O)NC(C)C)cc1. The van der Waals surface area contributed by atoms with E-state index in [2.05, 4.69) is 5.32 Å². The number of benzene rings is 3. The van der Waals surface area contributed by atoms with Crippen LogP contribution in [-0.4, -0.2) is 43.8 Å². The predicted molar refractivity (Wildman–Crippen MR) is 151 cm³/mol. The van der Waals surface area contributed by atoms with Crippen molar-refractivity contribution >= 4 is 27.5 Å². The molecule has 202 valence electrons. The minimum atomic E-state index is -4.08. The molecule has 0 heterocycles. The fraction of sp³-hybridized carbons (Fsp3) is 0.333. The molecule has 0 saturated carbocycles. The van der Waals surface area contributed by atoms with Gasteiger partial charge in [-0.15, -0.1) is 0 Å². The highest BCUT2D eigenvalue weighted by Crippen LogP contribution is 2.28. The van der Waals surface area contributed by atoms with Crippen LogP contribution in [0.5, 0.6) is 0 Å². The number of nitrogens with one attached hydrogen (secondary N) is 1. The van der Waals surface area contributed by atoms with E-state index in [1.165, 1.54) is 17.0 Å². The second kappa shape index (κ2) is 12.3. The summed E-state index contributed by atoms with van der Waals surface area (Å²) in [6.07, 6.45) is 0. The third-order valence-electron chi connectivity index (χ3n) is 6.32. The lowest BCUT2D eigenvalue weighted by molar-refractivity contribution is -0.139. The van der Waals surface area contributed by atoms with Crippen molar-refractivity contribution in [3.8, 4) is 0 Å². The van der Waals surface area contributed by atoms with Gasteiger partial charge >= 0.3 is 0 Å². The van der Waals surface area contributed by atoms with E-state index >= 15 is 0 Å². The van der Waals surface area contributed by atoms with Crippen LogP contribution < -0.4 is 9.62 Å². The first-order valence-electron chi connectivity index (χ1n) is 12.7. The molecule has 7 nitrogen and oxygen atoms in total. The Morgan fingerprint density at radius 3 is 2.05 bits per heavy atom. The molecule has 1 atom stereocenters. The van der Waals surface area contributed by atoms with E-state index in [1.807, 2.05) is 71.0 Å². The highest BCUT2D eigenvalue weighted by molar-refractivity contribution is 7.92. The van der Waals surface area contributed by atoms with E-state index in [1.54, 1.807) is 31.2 Å². The van der Waals surface area contributed by atoms with Crippen LogP contribution in [0.15, 0.2) is 77.7 Å². The standard InChI is InChI=1S/C30H37N3O4S/c1-21(2)31-30(35)25(6)32(19-26-16-13-22(3)14-17-26)29(34)20-33(28-18-23(4)12-15-24(28)5)38(36,37)27-10-8-7-9-11-27/h7-18,21,25H,19-20H2,1-6H3,(H,31,35)/t25-/m0/s1. The lowest BCUT2D eigenvalue weighted by Crippen LogP contribution is -2.52. The van der Waals surface area contributed by atoms with Gasteiger partial charge < -0.3 is 10.2 Å². The average Bonchev–Trinajstić information content (AvgIpc) is 2.88. The Balaban J connectivity index is 2.06. The first-order valence-corrected chi connectivity index (χ1v) is 14.1. The summed E-state index contributed by atoms with van der Waals surface area (Å²) in [6.45, 7) is 10.7. The summed E-state index contributed by atoms with van der Waals surface area (Å²) in [5, 5.41) is 2.87. The number of rotatable bonds is 10. The van der Waals surface area contributed by atoms with Gasteiger partial charge in [-0.25, -0.2) is 8.42 Å². The topological polar surface area (TPSA) is 86.8 Å². The number of anilines is 1. The Hall–Kier alpha value is -3.65. The predicted octanol–water partition coefficient (Wildman–Crippen LogP) is 4.75. The Bertz CT molecular complexity index is 1370. The molecule has 0 aliphatic rings. The number of hydrogen-bond acceptors (Lipinski definition) is 4. The largest absolute Gasteiger partial charge is 0.352 e. The zero-order valence-electron chi connectivity index (χ0n) is 22.9. The van der Waals surface area contributed by atoms with Crippen molar-refractivity contribution in [2.75, 3.05) is 10.8 Å². The number of carbonyl (C=O) groups is 2. The molecule has 38 heavy (non-hydrogen) atoms. The van der Waals surface area contributed by atoms with Gasteiger partial charge in [-0.05, 0) is 76.4 Å². The third kappa shape index (κ3) is 7.01. The zero-order valence-corrected chi connectivity index (χ0v) is 23.7. The number of carbonyl (C=O) groups excluding carboxylic acids is 2. The molecule has 0 saturated heterocycles. The number of amides is 2. The quantitative estimate of drug-likeness (QED) is 0.406. The van der Waals surface area contributed by atoms with Crippen LogP contribution in [0.2, 0.25) is 0 Å². The van der Waals surface area contributed by atoms with E-state index < -0.39 is 28.5 Å². The molecule has 0 aromatic heterocycles. The van der Waals surface area contributed by atoms with Gasteiger partial charge in [-0.2, -0.15) is 0 Å². The molecule has 0 aliphatic carbocycles. The Morgan fingerprint density at radius 2 is 1.45 bits per heavy atom. The second-order valence-electron chi connectivity index (χ2n) is 9.96. The number of aryl methyl sites for hydroxylation is 3. The van der Waals surface area contributed by atoms with Gasteiger partial charge in [-0.1, -0.05) is 60.2 Å². The molecule has 0 aliphatic heterocycles. The minimum absolute atomic E-state index is 0.0874. The highest BCUT2D eigenvalue weighted by atomic mass is 32.2. The van der Waals surface area contributed by atoms with Gasteiger partial charge in [0, 0.05) is 12.6 Å². The van der Waals surface area contributed by atoms with Gasteiger partial charge in [0.15, 0.2) is 0 Å². The molecule has 3 aromatic rings. The molecule has 0 fully saturated rings. The molecular formula is C30H37N3O4S. The maximum Gasteiger partial charge on any atom is 0.264 e. The summed E-state index contributed by atoms with van der Waals surface area (Å²) in [6, 6.07) is 20.4. The van der Waals surface area contributed by atoms with Crippen molar-refractivity contribution in [2.24, 2.45) is 0 Å². The minimum Gasteiger partial charge on any atom is -0.352 e. The zero-order chi connectivity index (χ0) is 28.0. The monoisotopic (exact) mass is 535 g/mol. The number of nitrogens with zero attached hydrogens (tertiary/aromatic N) is 2. The van der Waals surface area contributed by atoms with Crippen LogP contribution in [0.1, 0.15) is 43.0 Å². The lowest BCUT2D eigenvalue weighted by atomic mass is 10.1. The van der Waals surface area contributed by atoms with Crippen molar-refractivity contribution in [3.63, 3.8) is 0 Å². The Morgan fingerprint density at radius 1 is 0.842 bits per heavy atom. The van der Waals surface area contributed by atoms with Crippen molar-refractivity contribution < 1.29 is 18.0 Å². The van der Waals surface area contributed by atoms with Gasteiger partial charge in [0.2, 0.25) is 11.8 Å². The van der Waals surface area contributed by atoms with Crippen LogP contribution in [-0.2, 0) is 26.2 Å². The summed E-state index contributed by atoms with van der Waals surface area (Å²) in [7, 11) is -4.08. The lowest BCUT2D eigenvalue weighted by Gasteiger charge is -2.33. The first kappa shape index (κ1) is 28.9. The number of hydrogen-bond donors (Lipinski definition) is 1. The van der Waals surface area contributed by atoms with E-state index in [-0.39, 0.29) is 23.4 Å². The normalized spacial score (nSPS) is 12.2. The van der Waals surface area contributed by atoms with Crippen molar-refractivity contribution in [2.45, 2.75) is 65.1 Å². The molecule has 2 amide bonds. The first-order chi connectivity index (χ1) is 17.9. The van der Waals surface area contributed by atoms with Crippen molar-refractivity contribution in [1.29, 1.82) is 0 Å². The van der Waals surface area contributed by atoms with Gasteiger partial charge in [0.1, 0.15) is 12.6 Å². The highest BCUT2D eigenvalue weighted by Gasteiger charge is 2.33. The van der Waals surface area contributed by atoms with Crippen molar-refractivity contribution in [3.05, 3.63) is 95.1 Å². The molecule has 1 N–H and O–H groups in total.